The average Bonchev–Trinajstić information content (AvgIpc) is 2.59. The van der Waals surface area contributed by atoms with E-state index in [1.165, 1.54) is 32.4 Å². The van der Waals surface area contributed by atoms with Gasteiger partial charge in [0.25, 0.3) is 5.91 Å². The molecule has 1 N–H and O–H groups in total. The summed E-state index contributed by atoms with van der Waals surface area (Å²) in [6.07, 6.45) is 1.46. The summed E-state index contributed by atoms with van der Waals surface area (Å²) in [7, 11) is 1.52. The Kier molecular flexibility index (Phi) is 7.00. The van der Waals surface area contributed by atoms with Crippen LogP contribution in [-0.4, -0.2) is 25.2 Å². The fourth-order valence-electron chi connectivity index (χ4n) is 2.07. The van der Waals surface area contributed by atoms with Gasteiger partial charge in [-0.05, 0) is 42.0 Å². The maximum atomic E-state index is 12.1. The van der Waals surface area contributed by atoms with Gasteiger partial charge in [0.2, 0.25) is 0 Å². The van der Waals surface area contributed by atoms with Crippen molar-refractivity contribution in [1.82, 2.24) is 5.43 Å². The van der Waals surface area contributed by atoms with Crippen LogP contribution in [0, 0.1) is 0 Å². The van der Waals surface area contributed by atoms with Crippen molar-refractivity contribution in [2.24, 2.45) is 5.10 Å². The number of nitrogens with one attached hydrogen (secondary N) is 1. The van der Waals surface area contributed by atoms with E-state index in [-0.39, 0.29) is 17.2 Å². The third kappa shape index (κ3) is 5.47. The van der Waals surface area contributed by atoms with Gasteiger partial charge in [-0.1, -0.05) is 23.2 Å². The van der Waals surface area contributed by atoms with Crippen LogP contribution in [0.4, 0.5) is 0 Å². The van der Waals surface area contributed by atoms with Crippen molar-refractivity contribution < 1.29 is 19.1 Å². The number of esters is 1. The van der Waals surface area contributed by atoms with Crippen LogP contribution in [0.15, 0.2) is 41.5 Å². The molecular formula is C18H16Cl2N2O4. The number of carbonyl (C=O) groups is 2. The molecule has 6 nitrogen and oxygen atoms in total. The second kappa shape index (κ2) is 9.22. The molecule has 2 aromatic carbocycles. The second-order valence-electron chi connectivity index (χ2n) is 5.17. The van der Waals surface area contributed by atoms with Crippen LogP contribution in [0.25, 0.3) is 0 Å². The maximum Gasteiger partial charge on any atom is 0.302 e. The van der Waals surface area contributed by atoms with E-state index < -0.39 is 11.9 Å². The number of hydrogen-bond donors (Lipinski definition) is 1. The van der Waals surface area contributed by atoms with Gasteiger partial charge >= 0.3 is 5.97 Å². The summed E-state index contributed by atoms with van der Waals surface area (Å²) in [5.74, 6) is -0.268. The van der Waals surface area contributed by atoms with Crippen molar-refractivity contribution in [3.05, 3.63) is 63.1 Å². The average molecular weight is 395 g/mol. The molecule has 8 heteroatoms. The zero-order valence-electron chi connectivity index (χ0n) is 14.1. The topological polar surface area (TPSA) is 77.0 Å². The fourth-order valence-corrected chi connectivity index (χ4v) is 2.56. The molecule has 0 bridgehead atoms. The summed E-state index contributed by atoms with van der Waals surface area (Å²) in [6.45, 7) is 1.40. The Balaban J connectivity index is 2.08. The van der Waals surface area contributed by atoms with E-state index in [9.17, 15) is 9.59 Å². The van der Waals surface area contributed by atoms with Crippen LogP contribution < -0.4 is 10.2 Å². The minimum absolute atomic E-state index is 0.0763. The highest BCUT2D eigenvalue weighted by molar-refractivity contribution is 6.36. The Bertz CT molecular complexity index is 853. The largest absolute Gasteiger partial charge is 0.496 e. The number of benzene rings is 2. The molecule has 0 unspecified atom stereocenters. The smallest absolute Gasteiger partial charge is 0.302 e. The summed E-state index contributed by atoms with van der Waals surface area (Å²) < 4.78 is 10.2. The first kappa shape index (κ1) is 19.8. The lowest BCUT2D eigenvalue weighted by Gasteiger charge is -2.09. The quantitative estimate of drug-likeness (QED) is 0.458. The predicted molar refractivity (Wildman–Crippen MR) is 100.0 cm³/mol. The Morgan fingerprint density at radius 3 is 2.62 bits per heavy atom. The summed E-state index contributed by atoms with van der Waals surface area (Å²) >= 11 is 11.8. The van der Waals surface area contributed by atoms with Crippen LogP contribution in [0.3, 0.4) is 0 Å². The van der Waals surface area contributed by atoms with Gasteiger partial charge in [-0.2, -0.15) is 5.10 Å². The summed E-state index contributed by atoms with van der Waals surface area (Å²) in [5, 5.41) is 4.58. The molecule has 2 aromatic rings. The van der Waals surface area contributed by atoms with Gasteiger partial charge in [-0.3, -0.25) is 9.59 Å². The van der Waals surface area contributed by atoms with E-state index >= 15 is 0 Å². The molecule has 0 aliphatic carbocycles. The minimum Gasteiger partial charge on any atom is -0.496 e. The summed E-state index contributed by atoms with van der Waals surface area (Å²) in [4.78, 5) is 23.1. The molecule has 0 aliphatic rings. The van der Waals surface area contributed by atoms with Gasteiger partial charge in [0.05, 0.1) is 23.9 Å². The van der Waals surface area contributed by atoms with Gasteiger partial charge in [-0.25, -0.2) is 5.43 Å². The Labute approximate surface area is 160 Å². The molecule has 0 heterocycles. The molecule has 0 saturated carbocycles. The van der Waals surface area contributed by atoms with E-state index in [4.69, 9.17) is 32.7 Å². The van der Waals surface area contributed by atoms with Gasteiger partial charge in [0, 0.05) is 17.5 Å². The van der Waals surface area contributed by atoms with Crippen molar-refractivity contribution >= 4 is 41.3 Å². The number of methoxy groups -OCH3 is 1. The van der Waals surface area contributed by atoms with Crippen LogP contribution in [0.1, 0.15) is 28.4 Å². The van der Waals surface area contributed by atoms with E-state index in [0.29, 0.717) is 21.9 Å². The molecule has 0 saturated heterocycles. The van der Waals surface area contributed by atoms with Gasteiger partial charge in [0.15, 0.2) is 0 Å². The van der Waals surface area contributed by atoms with Gasteiger partial charge in [-0.15, -0.1) is 0 Å². The molecule has 0 fully saturated rings. The van der Waals surface area contributed by atoms with Crippen LogP contribution in [0.5, 0.6) is 5.75 Å². The van der Waals surface area contributed by atoms with Crippen LogP contribution in [-0.2, 0) is 16.1 Å². The number of halogens is 2. The first-order valence-electron chi connectivity index (χ1n) is 7.49. The van der Waals surface area contributed by atoms with E-state index in [1.54, 1.807) is 24.3 Å². The van der Waals surface area contributed by atoms with E-state index in [0.717, 1.165) is 0 Å². The lowest BCUT2D eigenvalue weighted by Crippen LogP contribution is -2.18. The second-order valence-corrected chi connectivity index (χ2v) is 6.02. The molecule has 0 aromatic heterocycles. The molecule has 0 radical (unpaired) electrons. The SMILES string of the molecule is COc1ccc(C=NNC(=O)c2ccc(Cl)cc2Cl)cc1COC(C)=O. The highest BCUT2D eigenvalue weighted by Crippen LogP contribution is 2.21. The molecule has 1 amide bonds. The Morgan fingerprint density at radius 2 is 1.96 bits per heavy atom. The number of amides is 1. The first-order chi connectivity index (χ1) is 12.4. The highest BCUT2D eigenvalue weighted by Gasteiger charge is 2.10. The normalized spacial score (nSPS) is 10.6. The third-order valence-electron chi connectivity index (χ3n) is 3.29. The zero-order chi connectivity index (χ0) is 19.1. The first-order valence-corrected chi connectivity index (χ1v) is 8.25. The zero-order valence-corrected chi connectivity index (χ0v) is 15.6. The van der Waals surface area contributed by atoms with Crippen molar-refractivity contribution in [2.75, 3.05) is 7.11 Å². The lowest BCUT2D eigenvalue weighted by molar-refractivity contribution is -0.142. The highest BCUT2D eigenvalue weighted by atomic mass is 35.5. The molecule has 26 heavy (non-hydrogen) atoms. The number of carbonyl (C=O) groups excluding carboxylic acids is 2. The maximum absolute atomic E-state index is 12.1. The molecule has 0 atom stereocenters. The fraction of sp³-hybridized carbons (Fsp3) is 0.167. The number of hydrogen-bond acceptors (Lipinski definition) is 5. The van der Waals surface area contributed by atoms with Gasteiger partial charge in [0.1, 0.15) is 12.4 Å². The van der Waals surface area contributed by atoms with Crippen molar-refractivity contribution in [3.8, 4) is 5.75 Å². The molecular weight excluding hydrogens is 379 g/mol. The lowest BCUT2D eigenvalue weighted by atomic mass is 10.1. The molecule has 0 spiro atoms. The predicted octanol–water partition coefficient (Wildman–Crippen LogP) is 3.83. The number of nitrogens with zero attached hydrogens (tertiary/aromatic N) is 1. The number of ether oxygens (including phenoxy) is 2. The van der Waals surface area contributed by atoms with Crippen molar-refractivity contribution in [3.63, 3.8) is 0 Å². The summed E-state index contributed by atoms with van der Waals surface area (Å²) in [6, 6.07) is 9.77. The summed E-state index contributed by atoms with van der Waals surface area (Å²) in [5.41, 5.74) is 4.02. The van der Waals surface area contributed by atoms with Crippen molar-refractivity contribution in [2.45, 2.75) is 13.5 Å². The Morgan fingerprint density at radius 1 is 1.19 bits per heavy atom. The number of rotatable bonds is 6. The van der Waals surface area contributed by atoms with Crippen LogP contribution >= 0.6 is 23.2 Å². The molecule has 2 rings (SSSR count). The van der Waals surface area contributed by atoms with E-state index in [2.05, 4.69) is 10.5 Å². The van der Waals surface area contributed by atoms with Crippen LogP contribution in [0.2, 0.25) is 10.0 Å². The van der Waals surface area contributed by atoms with Crippen molar-refractivity contribution in [1.29, 1.82) is 0 Å². The monoisotopic (exact) mass is 394 g/mol. The van der Waals surface area contributed by atoms with E-state index in [1.807, 2.05) is 0 Å². The molecule has 0 aliphatic heterocycles. The standard InChI is InChI=1S/C18H16Cl2N2O4/c1-11(23)26-10-13-7-12(3-6-17(13)25-2)9-21-22-18(24)15-5-4-14(19)8-16(15)20/h3-9H,10H2,1-2H3,(H,22,24). The number of hydrazone groups is 1. The molecule has 136 valence electrons. The Hall–Kier alpha value is -2.57. The minimum atomic E-state index is -0.462. The van der Waals surface area contributed by atoms with Gasteiger partial charge < -0.3 is 9.47 Å². The third-order valence-corrected chi connectivity index (χ3v) is 3.84.